The molecule has 1 rings (SSSR count). The van der Waals surface area contributed by atoms with Crippen molar-refractivity contribution in [3.8, 4) is 6.19 Å². The lowest BCUT2D eigenvalue weighted by Gasteiger charge is -1.88. The summed E-state index contributed by atoms with van der Waals surface area (Å²) in [5.41, 5.74) is 0. The van der Waals surface area contributed by atoms with E-state index in [1.165, 1.54) is 12.5 Å². The Morgan fingerprint density at radius 3 is 3.11 bits per heavy atom. The van der Waals surface area contributed by atoms with Crippen LogP contribution in [0.25, 0.3) is 0 Å². The van der Waals surface area contributed by atoms with Crippen LogP contribution in [-0.2, 0) is 0 Å². The van der Waals surface area contributed by atoms with Crippen molar-refractivity contribution in [2.24, 2.45) is 0 Å². The molecule has 0 aliphatic heterocycles. The van der Waals surface area contributed by atoms with Gasteiger partial charge < -0.3 is 0 Å². The van der Waals surface area contributed by atoms with Crippen molar-refractivity contribution >= 4 is 5.82 Å². The van der Waals surface area contributed by atoms with Crippen LogP contribution in [0.3, 0.4) is 0 Å². The fraction of sp³-hybridized carbons (Fsp3) is 0. The highest BCUT2D eigenvalue weighted by molar-refractivity contribution is 5.33. The maximum Gasteiger partial charge on any atom is 0.182 e. The number of anilines is 1. The van der Waals surface area contributed by atoms with E-state index >= 15 is 0 Å². The van der Waals surface area contributed by atoms with Gasteiger partial charge in [-0.1, -0.05) is 0 Å². The average Bonchev–Trinajstić information content (AvgIpc) is 1.91. The van der Waals surface area contributed by atoms with Crippen molar-refractivity contribution in [1.82, 2.24) is 15.2 Å². The maximum atomic E-state index is 8.06. The highest BCUT2D eigenvalue weighted by atomic mass is 15.2. The third-order valence-corrected chi connectivity index (χ3v) is 0.665. The first kappa shape index (κ1) is 5.44. The lowest BCUT2D eigenvalue weighted by Crippen LogP contribution is -1.93. The van der Waals surface area contributed by atoms with Crippen molar-refractivity contribution in [2.45, 2.75) is 0 Å². The minimum Gasteiger partial charge on any atom is -0.274 e. The van der Waals surface area contributed by atoms with E-state index in [-0.39, 0.29) is 0 Å². The zero-order valence-corrected chi connectivity index (χ0v) is 4.44. The Morgan fingerprint density at radius 2 is 2.56 bits per heavy atom. The van der Waals surface area contributed by atoms with Gasteiger partial charge in [-0.2, -0.15) is 5.26 Å². The molecule has 0 unspecified atom stereocenters. The Morgan fingerprint density at radius 1 is 1.67 bits per heavy atom. The third kappa shape index (κ3) is 1.35. The van der Waals surface area contributed by atoms with Crippen molar-refractivity contribution in [2.75, 3.05) is 5.32 Å². The zero-order chi connectivity index (χ0) is 6.53. The van der Waals surface area contributed by atoms with Crippen LogP contribution in [0.2, 0.25) is 0 Å². The summed E-state index contributed by atoms with van der Waals surface area (Å²) in [4.78, 5) is 3.62. The molecule has 5 nitrogen and oxygen atoms in total. The Hall–Kier alpha value is -1.70. The molecule has 0 saturated carbocycles. The SMILES string of the molecule is N#CNc1cncnn1. The molecule has 1 heterocycles. The number of aromatic nitrogens is 3. The summed E-state index contributed by atoms with van der Waals surface area (Å²) in [5.74, 6) is 0.361. The summed E-state index contributed by atoms with van der Waals surface area (Å²) in [5, 5.41) is 17.3. The molecule has 0 bridgehead atoms. The van der Waals surface area contributed by atoms with Gasteiger partial charge in [-0.25, -0.2) is 4.98 Å². The van der Waals surface area contributed by atoms with E-state index in [2.05, 4.69) is 20.5 Å². The molecule has 0 aliphatic carbocycles. The first-order valence-electron chi connectivity index (χ1n) is 2.21. The van der Waals surface area contributed by atoms with Gasteiger partial charge in [0.2, 0.25) is 0 Å². The van der Waals surface area contributed by atoms with Crippen LogP contribution in [0, 0.1) is 11.5 Å². The molecule has 1 aromatic heterocycles. The lowest BCUT2D eigenvalue weighted by atomic mass is 10.7. The highest BCUT2D eigenvalue weighted by Crippen LogP contribution is 1.90. The smallest absolute Gasteiger partial charge is 0.182 e. The summed E-state index contributed by atoms with van der Waals surface area (Å²) in [6, 6.07) is 0. The second-order valence-electron chi connectivity index (χ2n) is 1.23. The van der Waals surface area contributed by atoms with Crippen LogP contribution in [0.5, 0.6) is 0 Å². The molecule has 0 radical (unpaired) electrons. The van der Waals surface area contributed by atoms with Crippen LogP contribution in [-0.4, -0.2) is 15.2 Å². The molecule has 0 atom stereocenters. The number of nitrogens with zero attached hydrogens (tertiary/aromatic N) is 4. The molecule has 0 aromatic carbocycles. The molecule has 0 aliphatic rings. The number of hydrogen-bond acceptors (Lipinski definition) is 5. The second-order valence-corrected chi connectivity index (χ2v) is 1.23. The van der Waals surface area contributed by atoms with E-state index in [1.807, 2.05) is 0 Å². The van der Waals surface area contributed by atoms with Gasteiger partial charge in [0.1, 0.15) is 6.33 Å². The molecule has 9 heavy (non-hydrogen) atoms. The molecule has 0 fully saturated rings. The minimum absolute atomic E-state index is 0.361. The first-order chi connectivity index (χ1) is 4.43. The summed E-state index contributed by atoms with van der Waals surface area (Å²) in [7, 11) is 0. The minimum atomic E-state index is 0.361. The van der Waals surface area contributed by atoms with E-state index in [1.54, 1.807) is 6.19 Å². The average molecular weight is 121 g/mol. The van der Waals surface area contributed by atoms with Gasteiger partial charge in [0.15, 0.2) is 12.0 Å². The standard InChI is InChI=1S/C4H3N5/c5-2-7-4-1-6-3-8-9-4/h1,3H,(H,7,9). The number of nitrogens with one attached hydrogen (secondary N) is 1. The van der Waals surface area contributed by atoms with Crippen LogP contribution >= 0.6 is 0 Å². The van der Waals surface area contributed by atoms with Gasteiger partial charge in [0.05, 0.1) is 6.20 Å². The Balaban J connectivity index is 2.76. The highest BCUT2D eigenvalue weighted by Gasteiger charge is 1.86. The van der Waals surface area contributed by atoms with Crippen molar-refractivity contribution in [3.63, 3.8) is 0 Å². The van der Waals surface area contributed by atoms with E-state index in [0.29, 0.717) is 5.82 Å². The number of hydrogen-bond donors (Lipinski definition) is 1. The lowest BCUT2D eigenvalue weighted by molar-refractivity contribution is 0.975. The summed E-state index contributed by atoms with van der Waals surface area (Å²) >= 11 is 0. The maximum absolute atomic E-state index is 8.06. The molecule has 5 heteroatoms. The predicted molar refractivity (Wildman–Crippen MR) is 29.1 cm³/mol. The Bertz CT molecular complexity index is 212. The Labute approximate surface area is 51.4 Å². The topological polar surface area (TPSA) is 74.5 Å². The molecule has 0 saturated heterocycles. The fourth-order valence-electron chi connectivity index (χ4n) is 0.362. The summed E-state index contributed by atoms with van der Waals surface area (Å²) in [6.07, 6.45) is 4.40. The van der Waals surface area contributed by atoms with Crippen molar-refractivity contribution < 1.29 is 0 Å². The van der Waals surface area contributed by atoms with Gasteiger partial charge in [-0.3, -0.25) is 5.32 Å². The van der Waals surface area contributed by atoms with E-state index < -0.39 is 0 Å². The van der Waals surface area contributed by atoms with Gasteiger partial charge in [-0.05, 0) is 0 Å². The molecular weight excluding hydrogens is 118 g/mol. The van der Waals surface area contributed by atoms with Gasteiger partial charge >= 0.3 is 0 Å². The van der Waals surface area contributed by atoms with Crippen molar-refractivity contribution in [3.05, 3.63) is 12.5 Å². The van der Waals surface area contributed by atoms with E-state index in [4.69, 9.17) is 5.26 Å². The third-order valence-electron chi connectivity index (χ3n) is 0.665. The number of rotatable bonds is 1. The molecular formula is C4H3N5. The normalized spacial score (nSPS) is 7.89. The molecule has 0 amide bonds. The van der Waals surface area contributed by atoms with Crippen LogP contribution in [0.15, 0.2) is 12.5 Å². The van der Waals surface area contributed by atoms with Crippen LogP contribution in [0.1, 0.15) is 0 Å². The molecule has 0 spiro atoms. The Kier molecular flexibility index (Phi) is 1.55. The monoisotopic (exact) mass is 121 g/mol. The fourth-order valence-corrected chi connectivity index (χ4v) is 0.362. The quantitative estimate of drug-likeness (QED) is 0.410. The van der Waals surface area contributed by atoms with Crippen LogP contribution < -0.4 is 5.32 Å². The predicted octanol–water partition coefficient (Wildman–Crippen LogP) is -0.235. The second kappa shape index (κ2) is 2.57. The first-order valence-corrected chi connectivity index (χ1v) is 2.21. The van der Waals surface area contributed by atoms with E-state index in [9.17, 15) is 0 Å². The van der Waals surface area contributed by atoms with Crippen molar-refractivity contribution in [1.29, 1.82) is 5.26 Å². The molecule has 44 valence electrons. The molecule has 1 aromatic rings. The summed E-state index contributed by atoms with van der Waals surface area (Å²) < 4.78 is 0. The van der Waals surface area contributed by atoms with Gasteiger partial charge in [-0.15, -0.1) is 10.2 Å². The van der Waals surface area contributed by atoms with Crippen LogP contribution in [0.4, 0.5) is 5.82 Å². The largest absolute Gasteiger partial charge is 0.274 e. The molecule has 1 N–H and O–H groups in total. The summed E-state index contributed by atoms with van der Waals surface area (Å²) in [6.45, 7) is 0. The number of nitriles is 1. The zero-order valence-electron chi connectivity index (χ0n) is 4.44. The van der Waals surface area contributed by atoms with Gasteiger partial charge in [0.25, 0.3) is 0 Å². The van der Waals surface area contributed by atoms with E-state index in [0.717, 1.165) is 0 Å². The van der Waals surface area contributed by atoms with Gasteiger partial charge in [0, 0.05) is 0 Å².